The fourth-order valence-electron chi connectivity index (χ4n) is 2.29. The molecule has 1 heterocycles. The average Bonchev–Trinajstić information content (AvgIpc) is 2.81. The van der Waals surface area contributed by atoms with Crippen LogP contribution in [-0.4, -0.2) is 17.8 Å². The van der Waals surface area contributed by atoms with Gasteiger partial charge in [0.25, 0.3) is 11.8 Å². The molecular formula is C16H11ClFN3O3. The third-order valence-corrected chi connectivity index (χ3v) is 3.84. The van der Waals surface area contributed by atoms with E-state index in [-0.39, 0.29) is 28.3 Å². The van der Waals surface area contributed by atoms with Crippen molar-refractivity contribution in [2.75, 3.05) is 5.32 Å². The highest BCUT2D eigenvalue weighted by molar-refractivity contribution is 6.31. The predicted molar refractivity (Wildman–Crippen MR) is 85.5 cm³/mol. The van der Waals surface area contributed by atoms with E-state index in [9.17, 15) is 18.8 Å². The SMILES string of the molecule is O=C(NCc1c(F)cccc1Cl)Nc1ccc2c(c1)C(=O)NC2=O. The number of halogens is 2. The lowest BCUT2D eigenvalue weighted by atomic mass is 10.1. The van der Waals surface area contributed by atoms with Crippen LogP contribution in [0.3, 0.4) is 0 Å². The van der Waals surface area contributed by atoms with E-state index in [2.05, 4.69) is 16.0 Å². The Hall–Kier alpha value is -2.93. The molecule has 2 aromatic rings. The highest BCUT2D eigenvalue weighted by Gasteiger charge is 2.26. The highest BCUT2D eigenvalue weighted by Crippen LogP contribution is 2.21. The Labute approximate surface area is 141 Å². The molecule has 3 N–H and O–H groups in total. The van der Waals surface area contributed by atoms with Gasteiger partial charge in [-0.25, -0.2) is 9.18 Å². The summed E-state index contributed by atoms with van der Waals surface area (Å²) in [4.78, 5) is 34.9. The lowest BCUT2D eigenvalue weighted by Crippen LogP contribution is -2.28. The molecule has 8 heteroatoms. The molecule has 0 saturated heterocycles. The van der Waals surface area contributed by atoms with Crippen molar-refractivity contribution in [3.05, 3.63) is 63.9 Å². The van der Waals surface area contributed by atoms with Crippen LogP contribution in [0.1, 0.15) is 26.3 Å². The van der Waals surface area contributed by atoms with E-state index in [1.807, 2.05) is 0 Å². The summed E-state index contributed by atoms with van der Waals surface area (Å²) in [5.74, 6) is -1.51. The van der Waals surface area contributed by atoms with Gasteiger partial charge >= 0.3 is 6.03 Å². The molecule has 0 aliphatic carbocycles. The Balaban J connectivity index is 1.67. The summed E-state index contributed by atoms with van der Waals surface area (Å²) in [6.07, 6.45) is 0. The van der Waals surface area contributed by atoms with Crippen LogP contribution in [0.5, 0.6) is 0 Å². The number of rotatable bonds is 3. The van der Waals surface area contributed by atoms with Gasteiger partial charge in [0.05, 0.1) is 11.1 Å². The molecule has 0 spiro atoms. The molecular weight excluding hydrogens is 337 g/mol. The number of hydrogen-bond acceptors (Lipinski definition) is 3. The normalized spacial score (nSPS) is 12.6. The highest BCUT2D eigenvalue weighted by atomic mass is 35.5. The second-order valence-electron chi connectivity index (χ2n) is 5.05. The Bertz CT molecular complexity index is 849. The maximum atomic E-state index is 13.6. The zero-order valence-corrected chi connectivity index (χ0v) is 12.9. The van der Waals surface area contributed by atoms with E-state index in [4.69, 9.17) is 11.6 Å². The van der Waals surface area contributed by atoms with Gasteiger partial charge in [-0.1, -0.05) is 17.7 Å². The number of carbonyl (C=O) groups excluding carboxylic acids is 3. The Kier molecular flexibility index (Phi) is 4.18. The van der Waals surface area contributed by atoms with E-state index in [0.717, 1.165) is 0 Å². The molecule has 0 aromatic heterocycles. The first-order chi connectivity index (χ1) is 11.5. The largest absolute Gasteiger partial charge is 0.334 e. The van der Waals surface area contributed by atoms with Crippen molar-refractivity contribution in [2.24, 2.45) is 0 Å². The molecule has 6 nitrogen and oxygen atoms in total. The van der Waals surface area contributed by atoms with Crippen molar-refractivity contribution < 1.29 is 18.8 Å². The average molecular weight is 348 g/mol. The summed E-state index contributed by atoms with van der Waals surface area (Å²) < 4.78 is 13.6. The quantitative estimate of drug-likeness (QED) is 0.746. The van der Waals surface area contributed by atoms with E-state index in [1.54, 1.807) is 0 Å². The third-order valence-electron chi connectivity index (χ3n) is 3.48. The Morgan fingerprint density at radius 3 is 2.62 bits per heavy atom. The lowest BCUT2D eigenvalue weighted by molar-refractivity contribution is 0.0879. The maximum absolute atomic E-state index is 13.6. The van der Waals surface area contributed by atoms with Crippen molar-refractivity contribution in [2.45, 2.75) is 6.54 Å². The van der Waals surface area contributed by atoms with Crippen molar-refractivity contribution in [1.29, 1.82) is 0 Å². The fraction of sp³-hybridized carbons (Fsp3) is 0.0625. The molecule has 0 bridgehead atoms. The van der Waals surface area contributed by atoms with Gasteiger partial charge in [-0.3, -0.25) is 14.9 Å². The van der Waals surface area contributed by atoms with Crippen LogP contribution in [0.25, 0.3) is 0 Å². The molecule has 3 rings (SSSR count). The molecule has 0 radical (unpaired) electrons. The number of hydrogen-bond donors (Lipinski definition) is 3. The number of anilines is 1. The van der Waals surface area contributed by atoms with Gasteiger partial charge in [0.1, 0.15) is 5.82 Å². The van der Waals surface area contributed by atoms with Crippen LogP contribution >= 0.6 is 11.6 Å². The number of benzene rings is 2. The van der Waals surface area contributed by atoms with Crippen LogP contribution in [0, 0.1) is 5.82 Å². The minimum Gasteiger partial charge on any atom is -0.334 e. The predicted octanol–water partition coefficient (Wildman–Crippen LogP) is 2.68. The number of carbonyl (C=O) groups is 3. The molecule has 1 aliphatic rings. The summed E-state index contributed by atoms with van der Waals surface area (Å²) in [6.45, 7) is -0.0960. The Morgan fingerprint density at radius 1 is 1.12 bits per heavy atom. The zero-order chi connectivity index (χ0) is 17.3. The third kappa shape index (κ3) is 3.07. The van der Waals surface area contributed by atoms with Gasteiger partial charge in [0, 0.05) is 22.8 Å². The number of urea groups is 1. The molecule has 2 aromatic carbocycles. The first-order valence-corrected chi connectivity index (χ1v) is 7.31. The summed E-state index contributed by atoms with van der Waals surface area (Å²) in [7, 11) is 0. The standard InChI is InChI=1S/C16H11ClFN3O3/c17-12-2-1-3-13(18)11(12)7-19-16(24)20-8-4-5-9-10(6-8)15(23)21-14(9)22/h1-6H,7H2,(H2,19,20,24)(H,21,22,23). The minimum absolute atomic E-state index is 0.0960. The van der Waals surface area contributed by atoms with Gasteiger partial charge in [-0.15, -0.1) is 0 Å². The number of imide groups is 1. The van der Waals surface area contributed by atoms with Crippen LogP contribution in [0.2, 0.25) is 5.02 Å². The van der Waals surface area contributed by atoms with Crippen LogP contribution in [-0.2, 0) is 6.54 Å². The molecule has 0 saturated carbocycles. The maximum Gasteiger partial charge on any atom is 0.319 e. The zero-order valence-electron chi connectivity index (χ0n) is 12.2. The second-order valence-corrected chi connectivity index (χ2v) is 5.46. The molecule has 1 aliphatic heterocycles. The monoisotopic (exact) mass is 347 g/mol. The minimum atomic E-state index is -0.598. The van der Waals surface area contributed by atoms with E-state index in [0.29, 0.717) is 5.69 Å². The fourth-order valence-corrected chi connectivity index (χ4v) is 2.52. The van der Waals surface area contributed by atoms with Crippen LogP contribution in [0.15, 0.2) is 36.4 Å². The number of amides is 4. The van der Waals surface area contributed by atoms with Gasteiger partial charge in [-0.05, 0) is 30.3 Å². The molecule has 0 unspecified atom stereocenters. The molecule has 0 fully saturated rings. The summed E-state index contributed by atoms with van der Waals surface area (Å²) in [6, 6.07) is 7.97. The smallest absolute Gasteiger partial charge is 0.319 e. The second kappa shape index (κ2) is 6.29. The molecule has 122 valence electrons. The molecule has 4 amide bonds. The van der Waals surface area contributed by atoms with Crippen LogP contribution < -0.4 is 16.0 Å². The summed E-state index contributed by atoms with van der Waals surface area (Å²) in [5, 5.41) is 7.35. The van der Waals surface area contributed by atoms with Gasteiger partial charge in [0.15, 0.2) is 0 Å². The number of nitrogens with one attached hydrogen (secondary N) is 3. The van der Waals surface area contributed by atoms with Gasteiger partial charge in [-0.2, -0.15) is 0 Å². The summed E-state index contributed by atoms with van der Waals surface area (Å²) >= 11 is 5.88. The van der Waals surface area contributed by atoms with Crippen molar-refractivity contribution in [3.8, 4) is 0 Å². The molecule has 24 heavy (non-hydrogen) atoms. The van der Waals surface area contributed by atoms with Crippen molar-refractivity contribution in [1.82, 2.24) is 10.6 Å². The van der Waals surface area contributed by atoms with E-state index >= 15 is 0 Å². The Morgan fingerprint density at radius 2 is 1.88 bits per heavy atom. The van der Waals surface area contributed by atoms with E-state index in [1.165, 1.54) is 36.4 Å². The van der Waals surface area contributed by atoms with Gasteiger partial charge < -0.3 is 10.6 Å². The van der Waals surface area contributed by atoms with Crippen LogP contribution in [0.4, 0.5) is 14.9 Å². The van der Waals surface area contributed by atoms with Crippen molar-refractivity contribution in [3.63, 3.8) is 0 Å². The summed E-state index contributed by atoms with van der Waals surface area (Å²) in [5.41, 5.74) is 0.947. The number of fused-ring (bicyclic) bond motifs is 1. The topological polar surface area (TPSA) is 87.3 Å². The first kappa shape index (κ1) is 15.9. The first-order valence-electron chi connectivity index (χ1n) is 6.93. The van der Waals surface area contributed by atoms with Gasteiger partial charge in [0.2, 0.25) is 0 Å². The lowest BCUT2D eigenvalue weighted by Gasteiger charge is -2.10. The molecule has 0 atom stereocenters. The van der Waals surface area contributed by atoms with E-state index < -0.39 is 23.7 Å². The van der Waals surface area contributed by atoms with Crippen molar-refractivity contribution >= 4 is 35.1 Å².